The van der Waals surface area contributed by atoms with Crippen LogP contribution in [0.5, 0.6) is 0 Å². The third-order valence-electron chi connectivity index (χ3n) is 4.48. The number of sulfonamides is 1. The molecule has 27 heavy (non-hydrogen) atoms. The molecule has 0 saturated heterocycles. The largest absolute Gasteiger partial charge is 0.481 e. The molecule has 1 aromatic carbocycles. The lowest BCUT2D eigenvalue weighted by Gasteiger charge is -2.26. The molecule has 2 atom stereocenters. The predicted molar refractivity (Wildman–Crippen MR) is 105 cm³/mol. The molecule has 0 heterocycles. The summed E-state index contributed by atoms with van der Waals surface area (Å²) in [7, 11) is -3.93. The highest BCUT2D eigenvalue weighted by molar-refractivity contribution is 9.10. The van der Waals surface area contributed by atoms with Gasteiger partial charge < -0.3 is 5.11 Å². The lowest BCUT2D eigenvalue weighted by Crippen LogP contribution is -2.33. The minimum atomic E-state index is -3.93. The van der Waals surface area contributed by atoms with E-state index in [9.17, 15) is 17.6 Å². The van der Waals surface area contributed by atoms with E-state index in [0.29, 0.717) is 17.3 Å². The van der Waals surface area contributed by atoms with E-state index in [1.165, 1.54) is 12.1 Å². The van der Waals surface area contributed by atoms with Gasteiger partial charge in [-0.05, 0) is 55.7 Å². The molecule has 8 heteroatoms. The highest BCUT2D eigenvalue weighted by Crippen LogP contribution is 2.27. The normalized spacial score (nSPS) is 20.2. The summed E-state index contributed by atoms with van der Waals surface area (Å²) in [5, 5.41) is 8.65. The lowest BCUT2D eigenvalue weighted by molar-refractivity contribution is -0.137. The van der Waals surface area contributed by atoms with Gasteiger partial charge in [0.15, 0.2) is 0 Å². The van der Waals surface area contributed by atoms with Crippen LogP contribution in [0.4, 0.5) is 4.39 Å². The van der Waals surface area contributed by atoms with Crippen LogP contribution < -0.4 is 4.72 Å². The molecular formula is C19H23BrFNO4S. The Kier molecular flexibility index (Phi) is 8.19. The van der Waals surface area contributed by atoms with Crippen molar-refractivity contribution in [1.29, 1.82) is 0 Å². The van der Waals surface area contributed by atoms with Gasteiger partial charge in [-0.15, -0.1) is 0 Å². The zero-order valence-corrected chi connectivity index (χ0v) is 17.2. The first kappa shape index (κ1) is 21.8. The van der Waals surface area contributed by atoms with Gasteiger partial charge in [0.25, 0.3) is 0 Å². The number of carbonyl (C=O) groups is 1. The van der Waals surface area contributed by atoms with E-state index in [0.717, 1.165) is 18.9 Å². The number of aliphatic carboxylic acids is 1. The molecule has 0 fully saturated rings. The standard InChI is InChI=1S/C19H23BrFNO4S/c20-16-10-11-18(17(21)12-16)27(25,26)22-13-15-8-5-4-7-14(15)6-2-1-3-9-19(23)24/h2,4-6,10-12,14-15,22H,1,3,7-9,13H2,(H,23,24)/b6-2-. The van der Waals surface area contributed by atoms with Crippen molar-refractivity contribution in [3.8, 4) is 0 Å². The summed E-state index contributed by atoms with van der Waals surface area (Å²) in [4.78, 5) is 10.2. The average Bonchev–Trinajstić information content (AvgIpc) is 2.60. The Balaban J connectivity index is 1.96. The maximum atomic E-state index is 14.0. The summed E-state index contributed by atoms with van der Waals surface area (Å²) in [6.45, 7) is 0.215. The van der Waals surface area contributed by atoms with Crippen molar-refractivity contribution in [3.63, 3.8) is 0 Å². The lowest BCUT2D eigenvalue weighted by atomic mass is 9.83. The quantitative estimate of drug-likeness (QED) is 0.426. The number of rotatable bonds is 9. The van der Waals surface area contributed by atoms with Crippen molar-refractivity contribution in [2.24, 2.45) is 11.8 Å². The monoisotopic (exact) mass is 459 g/mol. The summed E-state index contributed by atoms with van der Waals surface area (Å²) in [5.74, 6) is -1.37. The summed E-state index contributed by atoms with van der Waals surface area (Å²) >= 11 is 3.11. The molecule has 148 valence electrons. The van der Waals surface area contributed by atoms with Crippen molar-refractivity contribution in [2.75, 3.05) is 6.54 Å². The van der Waals surface area contributed by atoms with Crippen molar-refractivity contribution < 1.29 is 22.7 Å². The molecule has 0 saturated carbocycles. The summed E-state index contributed by atoms with van der Waals surface area (Å²) < 4.78 is 41.8. The second kappa shape index (κ2) is 10.1. The van der Waals surface area contributed by atoms with E-state index in [1.807, 2.05) is 18.2 Å². The zero-order chi connectivity index (χ0) is 19.9. The first-order valence-corrected chi connectivity index (χ1v) is 11.1. The SMILES string of the molecule is O=C(O)CCC/C=C\C1CC=CCC1CNS(=O)(=O)c1ccc(Br)cc1F. The third kappa shape index (κ3) is 6.86. The molecule has 5 nitrogen and oxygen atoms in total. The Bertz CT molecular complexity index is 823. The predicted octanol–water partition coefficient (Wildman–Crippen LogP) is 4.26. The molecule has 2 N–H and O–H groups in total. The van der Waals surface area contributed by atoms with E-state index in [2.05, 4.69) is 26.7 Å². The Hall–Kier alpha value is -1.51. The third-order valence-corrected chi connectivity index (χ3v) is 6.43. The number of nitrogens with one attached hydrogen (secondary N) is 1. The van der Waals surface area contributed by atoms with Gasteiger partial charge >= 0.3 is 5.97 Å². The van der Waals surface area contributed by atoms with E-state index in [1.54, 1.807) is 0 Å². The van der Waals surface area contributed by atoms with Crippen LogP contribution in [-0.4, -0.2) is 26.0 Å². The van der Waals surface area contributed by atoms with E-state index < -0.39 is 21.8 Å². The van der Waals surface area contributed by atoms with Gasteiger partial charge in [-0.25, -0.2) is 17.5 Å². The summed E-state index contributed by atoms with van der Waals surface area (Å²) in [6, 6.07) is 3.85. The number of unbranched alkanes of at least 4 members (excludes halogenated alkanes) is 1. The fourth-order valence-corrected chi connectivity index (χ4v) is 4.48. The second-order valence-electron chi connectivity index (χ2n) is 6.51. The molecular weight excluding hydrogens is 437 g/mol. The Morgan fingerprint density at radius 2 is 2.07 bits per heavy atom. The van der Waals surface area contributed by atoms with Crippen LogP contribution in [0.1, 0.15) is 32.1 Å². The number of hydrogen-bond acceptors (Lipinski definition) is 3. The van der Waals surface area contributed by atoms with Gasteiger partial charge in [-0.3, -0.25) is 4.79 Å². The Labute approximate surface area is 167 Å². The van der Waals surface area contributed by atoms with Crippen molar-refractivity contribution in [1.82, 2.24) is 4.72 Å². The molecule has 2 unspecified atom stereocenters. The van der Waals surface area contributed by atoms with Crippen LogP contribution in [0.2, 0.25) is 0 Å². The van der Waals surface area contributed by atoms with Gasteiger partial charge in [-0.1, -0.05) is 40.2 Å². The van der Waals surface area contributed by atoms with Crippen LogP contribution in [0.25, 0.3) is 0 Å². The number of halogens is 2. The maximum absolute atomic E-state index is 14.0. The Morgan fingerprint density at radius 3 is 2.78 bits per heavy atom. The average molecular weight is 460 g/mol. The molecule has 0 spiro atoms. The van der Waals surface area contributed by atoms with Gasteiger partial charge in [0.05, 0.1) is 0 Å². The summed E-state index contributed by atoms with van der Waals surface area (Å²) in [5.41, 5.74) is 0. The van der Waals surface area contributed by atoms with Crippen molar-refractivity contribution >= 4 is 31.9 Å². The van der Waals surface area contributed by atoms with Crippen molar-refractivity contribution in [3.05, 3.63) is 52.8 Å². The fourth-order valence-electron chi connectivity index (χ4n) is 2.99. The molecule has 0 aliphatic heterocycles. The second-order valence-corrected chi connectivity index (χ2v) is 9.16. The zero-order valence-electron chi connectivity index (χ0n) is 14.8. The topological polar surface area (TPSA) is 83.5 Å². The van der Waals surface area contributed by atoms with E-state index in [4.69, 9.17) is 5.11 Å². The van der Waals surface area contributed by atoms with Crippen LogP contribution in [0, 0.1) is 17.7 Å². The first-order valence-electron chi connectivity index (χ1n) is 8.78. The number of carboxylic acids is 1. The van der Waals surface area contributed by atoms with Crippen LogP contribution in [0.3, 0.4) is 0 Å². The van der Waals surface area contributed by atoms with Gasteiger partial charge in [0.1, 0.15) is 10.7 Å². The van der Waals surface area contributed by atoms with Gasteiger partial charge in [0, 0.05) is 17.4 Å². The molecule has 0 aromatic heterocycles. The minimum Gasteiger partial charge on any atom is -0.481 e. The van der Waals surface area contributed by atoms with Crippen LogP contribution in [-0.2, 0) is 14.8 Å². The minimum absolute atomic E-state index is 0.0685. The molecule has 1 aliphatic rings. The molecule has 1 aromatic rings. The number of benzene rings is 1. The van der Waals surface area contributed by atoms with E-state index >= 15 is 0 Å². The summed E-state index contributed by atoms with van der Waals surface area (Å²) in [6.07, 6.45) is 11.0. The molecule has 0 amide bonds. The molecule has 2 rings (SSSR count). The maximum Gasteiger partial charge on any atom is 0.303 e. The number of allylic oxidation sites excluding steroid dienone is 4. The van der Waals surface area contributed by atoms with Gasteiger partial charge in [0.2, 0.25) is 10.0 Å². The van der Waals surface area contributed by atoms with Crippen molar-refractivity contribution in [2.45, 2.75) is 37.0 Å². The number of carboxylic acid groups (broad SMARTS) is 1. The van der Waals surface area contributed by atoms with Crippen LogP contribution in [0.15, 0.2) is 51.9 Å². The van der Waals surface area contributed by atoms with E-state index in [-0.39, 0.29) is 29.7 Å². The molecule has 0 bridgehead atoms. The Morgan fingerprint density at radius 1 is 1.33 bits per heavy atom. The highest BCUT2D eigenvalue weighted by atomic mass is 79.9. The highest BCUT2D eigenvalue weighted by Gasteiger charge is 2.24. The smallest absolute Gasteiger partial charge is 0.303 e. The molecule has 1 aliphatic carbocycles. The van der Waals surface area contributed by atoms with Gasteiger partial charge in [-0.2, -0.15) is 0 Å². The first-order chi connectivity index (χ1) is 12.8. The molecule has 0 radical (unpaired) electrons. The fraction of sp³-hybridized carbons (Fsp3) is 0.421. The number of hydrogen-bond donors (Lipinski definition) is 2. The van der Waals surface area contributed by atoms with Crippen LogP contribution >= 0.6 is 15.9 Å².